The first kappa shape index (κ1) is 16.8. The molecule has 0 aliphatic carbocycles. The summed E-state index contributed by atoms with van der Waals surface area (Å²) in [5.74, 6) is 0.406. The van der Waals surface area contributed by atoms with Crippen LogP contribution in [0, 0.1) is 0 Å². The fraction of sp³-hybridized carbons (Fsp3) is 0.364. The number of nitrogens with zero attached hydrogens (tertiary/aromatic N) is 3. The number of anilines is 1. The highest BCUT2D eigenvalue weighted by atomic mass is 31.2. The summed E-state index contributed by atoms with van der Waals surface area (Å²) in [5.41, 5.74) is 4.89. The smallest absolute Gasteiger partial charge is 0.348 e. The fourth-order valence-corrected chi connectivity index (χ4v) is 2.79. The quantitative estimate of drug-likeness (QED) is 0.334. The number of H-pyrrole nitrogens is 1. The van der Waals surface area contributed by atoms with Crippen molar-refractivity contribution in [1.82, 2.24) is 19.5 Å². The summed E-state index contributed by atoms with van der Waals surface area (Å²) in [5, 5.41) is 20.1. The van der Waals surface area contributed by atoms with Crippen molar-refractivity contribution in [1.29, 1.82) is 0 Å². The molecule has 3 rings (SSSR count). The number of ether oxygens (including phenoxy) is 1. The predicted molar refractivity (Wildman–Crippen MR) is 79.7 cm³/mol. The lowest BCUT2D eigenvalue weighted by Gasteiger charge is -2.16. The maximum Gasteiger partial charge on any atom is 0.348 e. The normalized spacial score (nSPS) is 28.2. The van der Waals surface area contributed by atoms with Gasteiger partial charge in [-0.05, 0) is 6.08 Å². The van der Waals surface area contributed by atoms with Crippen LogP contribution in [0.3, 0.4) is 0 Å². The third-order valence-electron chi connectivity index (χ3n) is 3.47. The van der Waals surface area contributed by atoms with E-state index in [1.165, 1.54) is 10.9 Å². The van der Waals surface area contributed by atoms with E-state index in [4.69, 9.17) is 20.3 Å². The molecule has 0 amide bonds. The molecule has 0 aromatic carbocycles. The minimum atomic E-state index is -4.44. The number of imidazole rings is 1. The number of aliphatic hydroxyl groups excluding tert-OH is 2. The van der Waals surface area contributed by atoms with Gasteiger partial charge in [0.05, 0.1) is 6.33 Å². The highest BCUT2D eigenvalue weighted by Gasteiger charge is 2.43. The Hall–Kier alpha value is -2.08. The van der Waals surface area contributed by atoms with Gasteiger partial charge in [0.2, 0.25) is 5.95 Å². The molecule has 24 heavy (non-hydrogen) atoms. The Morgan fingerprint density at radius 3 is 2.75 bits per heavy atom. The topological polar surface area (TPSA) is 197 Å². The number of fused-ring (bicyclic) bond motifs is 1. The average molecular weight is 359 g/mol. The molecule has 1 aliphatic heterocycles. The third kappa shape index (κ3) is 2.98. The van der Waals surface area contributed by atoms with E-state index in [0.29, 0.717) is 5.82 Å². The zero-order valence-corrected chi connectivity index (χ0v) is 12.8. The molecule has 12 nitrogen and oxygen atoms in total. The van der Waals surface area contributed by atoms with Gasteiger partial charge >= 0.3 is 7.60 Å². The van der Waals surface area contributed by atoms with Crippen molar-refractivity contribution < 1.29 is 29.3 Å². The minimum Gasteiger partial charge on any atom is -0.387 e. The number of nitrogen functional groups attached to an aromatic ring is 1. The largest absolute Gasteiger partial charge is 0.387 e. The molecule has 130 valence electrons. The molecule has 7 N–H and O–H groups in total. The van der Waals surface area contributed by atoms with E-state index in [1.54, 1.807) is 0 Å². The van der Waals surface area contributed by atoms with Crippen LogP contribution < -0.4 is 11.3 Å². The van der Waals surface area contributed by atoms with Crippen LogP contribution in [0.4, 0.5) is 5.95 Å². The van der Waals surface area contributed by atoms with Gasteiger partial charge in [-0.3, -0.25) is 18.9 Å². The van der Waals surface area contributed by atoms with E-state index in [0.717, 1.165) is 6.08 Å². The van der Waals surface area contributed by atoms with Crippen LogP contribution in [0.5, 0.6) is 0 Å². The molecule has 0 spiro atoms. The Morgan fingerprint density at radius 1 is 1.38 bits per heavy atom. The van der Waals surface area contributed by atoms with Gasteiger partial charge in [-0.1, -0.05) is 0 Å². The fourth-order valence-electron chi connectivity index (χ4n) is 2.40. The first-order valence-corrected chi connectivity index (χ1v) is 8.34. The summed E-state index contributed by atoms with van der Waals surface area (Å²) in [6, 6.07) is 0. The molecule has 3 heterocycles. The Labute approximate surface area is 133 Å². The van der Waals surface area contributed by atoms with Gasteiger partial charge in [0.25, 0.3) is 5.56 Å². The number of nitrogens with one attached hydrogen (secondary N) is 1. The average Bonchev–Trinajstić information content (AvgIpc) is 3.00. The van der Waals surface area contributed by atoms with Gasteiger partial charge in [-0.15, -0.1) is 0 Å². The van der Waals surface area contributed by atoms with Crippen LogP contribution in [0.2, 0.25) is 0 Å². The van der Waals surface area contributed by atoms with Crippen LogP contribution in [-0.4, -0.2) is 57.8 Å². The van der Waals surface area contributed by atoms with Gasteiger partial charge in [0.1, 0.15) is 18.3 Å². The van der Waals surface area contributed by atoms with E-state index in [1.807, 2.05) is 0 Å². The predicted octanol–water partition coefficient (Wildman–Crippen LogP) is -1.99. The Balaban J connectivity index is 1.97. The summed E-state index contributed by atoms with van der Waals surface area (Å²) in [4.78, 5) is 39.5. The molecule has 0 radical (unpaired) electrons. The number of aliphatic hydroxyl groups is 2. The second kappa shape index (κ2) is 5.77. The highest BCUT2D eigenvalue weighted by Crippen LogP contribution is 2.38. The van der Waals surface area contributed by atoms with Gasteiger partial charge in [-0.2, -0.15) is 4.98 Å². The third-order valence-corrected chi connectivity index (χ3v) is 4.03. The van der Waals surface area contributed by atoms with E-state index in [2.05, 4.69) is 15.0 Å². The molecule has 2 aromatic heterocycles. The lowest BCUT2D eigenvalue weighted by atomic mass is 10.1. The molecular weight excluding hydrogens is 345 g/mol. The minimum absolute atomic E-state index is 0.0344. The number of hydrogen-bond donors (Lipinski definition) is 6. The van der Waals surface area contributed by atoms with Crippen molar-refractivity contribution in [3.63, 3.8) is 0 Å². The van der Waals surface area contributed by atoms with Gasteiger partial charge < -0.3 is 30.5 Å². The Bertz CT molecular complexity index is 902. The number of aromatic nitrogens is 4. The van der Waals surface area contributed by atoms with Crippen molar-refractivity contribution in [2.75, 3.05) is 5.73 Å². The summed E-state index contributed by atoms with van der Waals surface area (Å²) < 4.78 is 17.5. The van der Waals surface area contributed by atoms with E-state index < -0.39 is 37.7 Å². The van der Waals surface area contributed by atoms with Crippen molar-refractivity contribution in [3.8, 4) is 0 Å². The summed E-state index contributed by atoms with van der Waals surface area (Å²) >= 11 is 0. The van der Waals surface area contributed by atoms with Crippen LogP contribution in [0.15, 0.2) is 23.0 Å². The van der Waals surface area contributed by atoms with Gasteiger partial charge in [-0.25, -0.2) is 4.98 Å². The summed E-state index contributed by atoms with van der Waals surface area (Å²) in [6.07, 6.45) is -3.10. The zero-order chi connectivity index (χ0) is 17.6. The summed E-state index contributed by atoms with van der Waals surface area (Å²) in [6.45, 7) is 0. The molecule has 1 aliphatic rings. The highest BCUT2D eigenvalue weighted by molar-refractivity contribution is 7.55. The molecule has 1 saturated heterocycles. The molecule has 0 bridgehead atoms. The monoisotopic (exact) mass is 359 g/mol. The van der Waals surface area contributed by atoms with Crippen molar-refractivity contribution in [3.05, 3.63) is 28.6 Å². The van der Waals surface area contributed by atoms with Gasteiger partial charge in [0.15, 0.2) is 17.4 Å². The molecule has 4 atom stereocenters. The van der Waals surface area contributed by atoms with Crippen LogP contribution in [-0.2, 0) is 9.30 Å². The van der Waals surface area contributed by atoms with Crippen LogP contribution in [0.1, 0.15) is 6.23 Å². The van der Waals surface area contributed by atoms with E-state index >= 15 is 0 Å². The molecule has 13 heteroatoms. The Kier molecular flexibility index (Phi) is 4.03. The first-order chi connectivity index (χ1) is 11.2. The molecule has 0 saturated carbocycles. The second-order valence-corrected chi connectivity index (χ2v) is 6.65. The number of hydrogen-bond acceptors (Lipinski definition) is 8. The molecule has 2 aromatic rings. The molecular formula is C11H14N5O7P. The van der Waals surface area contributed by atoms with Crippen molar-refractivity contribution >= 4 is 24.7 Å². The van der Waals surface area contributed by atoms with Crippen LogP contribution in [0.25, 0.3) is 11.2 Å². The van der Waals surface area contributed by atoms with E-state index in [9.17, 15) is 19.6 Å². The number of nitrogens with two attached hydrogens (primary N) is 1. The van der Waals surface area contributed by atoms with E-state index in [-0.39, 0.29) is 17.1 Å². The second-order valence-electron chi connectivity index (χ2n) is 5.18. The Morgan fingerprint density at radius 2 is 2.08 bits per heavy atom. The number of rotatable bonds is 3. The lowest BCUT2D eigenvalue weighted by Crippen LogP contribution is -2.30. The van der Waals surface area contributed by atoms with Crippen molar-refractivity contribution in [2.24, 2.45) is 0 Å². The molecule has 1 fully saturated rings. The first-order valence-electron chi connectivity index (χ1n) is 6.66. The summed E-state index contributed by atoms with van der Waals surface area (Å²) in [7, 11) is -4.44. The maximum absolute atomic E-state index is 11.7. The lowest BCUT2D eigenvalue weighted by molar-refractivity contribution is -0.0244. The van der Waals surface area contributed by atoms with Gasteiger partial charge in [0, 0.05) is 5.82 Å². The van der Waals surface area contributed by atoms with Crippen molar-refractivity contribution in [2.45, 2.75) is 24.5 Å². The maximum atomic E-state index is 11.7. The molecule has 4 unspecified atom stereocenters. The standard InChI is InChI=1S/C11H14N5O7P/c12-11-14-8-5(9(19)15-11)13-3-16(8)10-7(18)6(17)4(23-10)1-2-24(20,21)22/h1-4,6-7,10,17-18H,(H2,20,21,22)(H3,12,14,15,19)/b2-1+. The zero-order valence-electron chi connectivity index (χ0n) is 11.9. The van der Waals surface area contributed by atoms with Crippen LogP contribution >= 0.6 is 7.60 Å². The number of aromatic amines is 1. The SMILES string of the molecule is Nc1nc2c(ncn2C2OC(/C=C/P(=O)(O)O)C(O)C2O)c(=O)[nH]1.